The van der Waals surface area contributed by atoms with E-state index in [1.54, 1.807) is 36.1 Å². The molecule has 2 atom stereocenters. The predicted octanol–water partition coefficient (Wildman–Crippen LogP) is 3.77. The van der Waals surface area contributed by atoms with Crippen molar-refractivity contribution < 1.29 is 18.7 Å². The van der Waals surface area contributed by atoms with E-state index in [0.717, 1.165) is 25.7 Å². The maximum Gasteiger partial charge on any atom is 0.349 e. The van der Waals surface area contributed by atoms with Crippen LogP contribution in [0.25, 0.3) is 11.0 Å². The summed E-state index contributed by atoms with van der Waals surface area (Å²) < 4.78 is 10.4. The summed E-state index contributed by atoms with van der Waals surface area (Å²) in [7, 11) is 0. The van der Waals surface area contributed by atoms with Crippen LogP contribution in [-0.4, -0.2) is 36.0 Å². The van der Waals surface area contributed by atoms with E-state index >= 15 is 0 Å². The Morgan fingerprint density at radius 1 is 1.21 bits per heavy atom. The number of para-hydroxylation sites is 1. The quantitative estimate of drug-likeness (QED) is 0.559. The van der Waals surface area contributed by atoms with Crippen molar-refractivity contribution in [3.8, 4) is 0 Å². The number of hydrogen-bond acceptors (Lipinski definition) is 5. The molecule has 0 saturated heterocycles. The molecule has 0 N–H and O–H groups in total. The van der Waals surface area contributed by atoms with Gasteiger partial charge in [0, 0.05) is 18.0 Å². The van der Waals surface area contributed by atoms with Gasteiger partial charge in [0.1, 0.15) is 11.1 Å². The highest BCUT2D eigenvalue weighted by atomic mass is 16.5. The highest BCUT2D eigenvalue weighted by molar-refractivity contribution is 5.97. The standard InChI is InChI=1S/C22H27NO5/c1-3-27-20(24)12-13-23(18-10-6-4-8-15(18)2)21(25)17-14-16-9-5-7-11-19(16)28-22(17)26/h5,7,9,11,14-15,18H,3-4,6,8,10,12-13H2,1-2H3. The van der Waals surface area contributed by atoms with Gasteiger partial charge < -0.3 is 14.1 Å². The van der Waals surface area contributed by atoms with E-state index in [4.69, 9.17) is 9.15 Å². The van der Waals surface area contributed by atoms with Crippen molar-refractivity contribution in [1.82, 2.24) is 4.90 Å². The van der Waals surface area contributed by atoms with Gasteiger partial charge >= 0.3 is 11.6 Å². The highest BCUT2D eigenvalue weighted by Crippen LogP contribution is 2.29. The van der Waals surface area contributed by atoms with Crippen molar-refractivity contribution in [3.63, 3.8) is 0 Å². The third-order valence-electron chi connectivity index (χ3n) is 5.46. The van der Waals surface area contributed by atoms with Crippen LogP contribution in [0, 0.1) is 5.92 Å². The van der Waals surface area contributed by atoms with E-state index in [-0.39, 0.29) is 36.4 Å². The molecular weight excluding hydrogens is 358 g/mol. The smallest absolute Gasteiger partial charge is 0.349 e. The molecule has 2 aromatic rings. The minimum Gasteiger partial charge on any atom is -0.466 e. The average molecular weight is 385 g/mol. The lowest BCUT2D eigenvalue weighted by Crippen LogP contribution is -2.47. The van der Waals surface area contributed by atoms with Crippen LogP contribution in [0.2, 0.25) is 0 Å². The number of nitrogens with zero attached hydrogens (tertiary/aromatic N) is 1. The van der Waals surface area contributed by atoms with E-state index in [1.165, 1.54) is 0 Å². The Labute approximate surface area is 164 Å². The molecular formula is C22H27NO5. The Balaban J connectivity index is 1.92. The Morgan fingerprint density at radius 2 is 1.96 bits per heavy atom. The highest BCUT2D eigenvalue weighted by Gasteiger charge is 2.32. The van der Waals surface area contributed by atoms with Crippen LogP contribution >= 0.6 is 0 Å². The van der Waals surface area contributed by atoms with Gasteiger partial charge in [0.25, 0.3) is 5.91 Å². The topological polar surface area (TPSA) is 76.8 Å². The van der Waals surface area contributed by atoms with Gasteiger partial charge in [-0.3, -0.25) is 9.59 Å². The van der Waals surface area contributed by atoms with E-state index in [9.17, 15) is 14.4 Å². The van der Waals surface area contributed by atoms with Crippen molar-refractivity contribution in [1.29, 1.82) is 0 Å². The molecule has 1 amide bonds. The molecule has 1 aliphatic carbocycles. The van der Waals surface area contributed by atoms with Gasteiger partial charge in [0.15, 0.2) is 0 Å². The van der Waals surface area contributed by atoms with Crippen LogP contribution in [0.15, 0.2) is 39.5 Å². The van der Waals surface area contributed by atoms with Crippen LogP contribution in [-0.2, 0) is 9.53 Å². The Kier molecular flexibility index (Phi) is 6.49. The van der Waals surface area contributed by atoms with Crippen LogP contribution < -0.4 is 5.63 Å². The van der Waals surface area contributed by atoms with Gasteiger partial charge in [-0.15, -0.1) is 0 Å². The number of amides is 1. The molecule has 1 heterocycles. The number of esters is 1. The molecule has 0 bridgehead atoms. The first-order chi connectivity index (χ1) is 13.5. The van der Waals surface area contributed by atoms with Crippen LogP contribution in [0.1, 0.15) is 56.3 Å². The van der Waals surface area contributed by atoms with Crippen molar-refractivity contribution in [2.75, 3.05) is 13.2 Å². The van der Waals surface area contributed by atoms with Gasteiger partial charge in [-0.25, -0.2) is 4.79 Å². The SMILES string of the molecule is CCOC(=O)CCN(C(=O)c1cc2ccccc2oc1=O)C1CCCCC1C. The summed E-state index contributed by atoms with van der Waals surface area (Å²) in [6.07, 6.45) is 4.18. The number of benzene rings is 1. The Hall–Kier alpha value is -2.63. The number of carbonyl (C=O) groups excluding carboxylic acids is 2. The van der Waals surface area contributed by atoms with Gasteiger partial charge in [-0.05, 0) is 37.8 Å². The van der Waals surface area contributed by atoms with E-state index in [2.05, 4.69) is 6.92 Å². The number of rotatable bonds is 6. The van der Waals surface area contributed by atoms with E-state index in [0.29, 0.717) is 23.5 Å². The second-order valence-corrected chi connectivity index (χ2v) is 7.37. The van der Waals surface area contributed by atoms with Gasteiger partial charge in [0.05, 0.1) is 13.0 Å². The molecule has 150 valence electrons. The fraction of sp³-hybridized carbons (Fsp3) is 0.500. The summed E-state index contributed by atoms with van der Waals surface area (Å²) in [5.74, 6) is -0.399. The molecule has 0 spiro atoms. The fourth-order valence-corrected chi connectivity index (χ4v) is 3.99. The van der Waals surface area contributed by atoms with Gasteiger partial charge in [0.2, 0.25) is 0 Å². The minimum atomic E-state index is -0.645. The first-order valence-electron chi connectivity index (χ1n) is 10.0. The van der Waals surface area contributed by atoms with Crippen LogP contribution in [0.4, 0.5) is 0 Å². The van der Waals surface area contributed by atoms with Crippen LogP contribution in [0.5, 0.6) is 0 Å². The van der Waals surface area contributed by atoms with Crippen LogP contribution in [0.3, 0.4) is 0 Å². The predicted molar refractivity (Wildman–Crippen MR) is 106 cm³/mol. The number of hydrogen-bond donors (Lipinski definition) is 0. The van der Waals surface area contributed by atoms with Gasteiger partial charge in [-0.2, -0.15) is 0 Å². The summed E-state index contributed by atoms with van der Waals surface area (Å²) in [6.45, 7) is 4.42. The lowest BCUT2D eigenvalue weighted by atomic mass is 9.84. The molecule has 1 saturated carbocycles. The van der Waals surface area contributed by atoms with E-state index < -0.39 is 5.63 Å². The largest absolute Gasteiger partial charge is 0.466 e. The first kappa shape index (κ1) is 20.1. The molecule has 0 aliphatic heterocycles. The fourth-order valence-electron chi connectivity index (χ4n) is 3.99. The molecule has 28 heavy (non-hydrogen) atoms. The molecule has 1 aromatic heterocycles. The molecule has 3 rings (SSSR count). The van der Waals surface area contributed by atoms with Crippen molar-refractivity contribution in [2.24, 2.45) is 5.92 Å². The lowest BCUT2D eigenvalue weighted by Gasteiger charge is -2.38. The zero-order valence-corrected chi connectivity index (χ0v) is 16.5. The van der Waals surface area contributed by atoms with Crippen molar-refractivity contribution >= 4 is 22.8 Å². The summed E-state index contributed by atoms with van der Waals surface area (Å²) in [5, 5.41) is 0.701. The normalized spacial score (nSPS) is 19.4. The zero-order valence-electron chi connectivity index (χ0n) is 16.5. The monoisotopic (exact) mass is 385 g/mol. The van der Waals surface area contributed by atoms with Gasteiger partial charge in [-0.1, -0.05) is 38.0 Å². The molecule has 1 aliphatic rings. The average Bonchev–Trinajstić information content (AvgIpc) is 2.69. The van der Waals surface area contributed by atoms with E-state index in [1.807, 2.05) is 6.07 Å². The van der Waals surface area contributed by atoms with Crippen molar-refractivity contribution in [2.45, 2.75) is 52.0 Å². The maximum absolute atomic E-state index is 13.3. The molecule has 2 unspecified atom stereocenters. The molecule has 1 fully saturated rings. The minimum absolute atomic E-state index is 0.00143. The second-order valence-electron chi connectivity index (χ2n) is 7.37. The lowest BCUT2D eigenvalue weighted by molar-refractivity contribution is -0.143. The number of ether oxygens (including phenoxy) is 1. The summed E-state index contributed by atoms with van der Waals surface area (Å²) >= 11 is 0. The summed E-state index contributed by atoms with van der Waals surface area (Å²) in [4.78, 5) is 39.4. The Morgan fingerprint density at radius 3 is 2.71 bits per heavy atom. The molecule has 6 heteroatoms. The molecule has 1 aromatic carbocycles. The maximum atomic E-state index is 13.3. The number of carbonyl (C=O) groups is 2. The summed E-state index contributed by atoms with van der Waals surface area (Å²) in [5.41, 5.74) is -0.179. The zero-order chi connectivity index (χ0) is 20.1. The second kappa shape index (κ2) is 9.04. The third kappa shape index (κ3) is 4.43. The first-order valence-corrected chi connectivity index (χ1v) is 10.0. The Bertz CT molecular complexity index is 903. The van der Waals surface area contributed by atoms with Crippen molar-refractivity contribution in [3.05, 3.63) is 46.3 Å². The summed E-state index contributed by atoms with van der Waals surface area (Å²) in [6, 6.07) is 8.71. The third-order valence-corrected chi connectivity index (χ3v) is 5.46. The molecule has 6 nitrogen and oxygen atoms in total. The number of fused-ring (bicyclic) bond motifs is 1. The molecule has 0 radical (unpaired) electrons.